The lowest BCUT2D eigenvalue weighted by Gasteiger charge is -2.03. The number of amides is 2. The molecule has 0 aliphatic heterocycles. The molecule has 5 nitrogen and oxygen atoms in total. The van der Waals surface area contributed by atoms with Gasteiger partial charge in [-0.2, -0.15) is 5.10 Å². The van der Waals surface area contributed by atoms with Gasteiger partial charge in [0.25, 0.3) is 0 Å². The van der Waals surface area contributed by atoms with E-state index in [-0.39, 0.29) is 11.3 Å². The Balaban J connectivity index is 1.90. The van der Waals surface area contributed by atoms with E-state index in [4.69, 9.17) is 0 Å². The third-order valence-corrected chi connectivity index (χ3v) is 2.58. The smallest absolute Gasteiger partial charge is 0.318 e. The van der Waals surface area contributed by atoms with Gasteiger partial charge in [-0.05, 0) is 30.3 Å². The minimum absolute atomic E-state index is 0.168. The van der Waals surface area contributed by atoms with Gasteiger partial charge >= 0.3 is 11.8 Å². The molecular formula is C15H11F2N3O2. The first kappa shape index (κ1) is 15.3. The molecule has 2 rings (SSSR count). The van der Waals surface area contributed by atoms with E-state index in [0.717, 1.165) is 18.3 Å². The van der Waals surface area contributed by atoms with Crippen molar-refractivity contribution in [1.82, 2.24) is 5.43 Å². The van der Waals surface area contributed by atoms with Gasteiger partial charge in [0.2, 0.25) is 0 Å². The molecule has 7 heteroatoms. The molecule has 0 bridgehead atoms. The van der Waals surface area contributed by atoms with Crippen LogP contribution in [-0.2, 0) is 9.59 Å². The number of halogens is 2. The molecule has 0 radical (unpaired) electrons. The fraction of sp³-hybridized carbons (Fsp3) is 0. The van der Waals surface area contributed by atoms with Crippen LogP contribution in [0.5, 0.6) is 0 Å². The number of rotatable bonds is 3. The number of hydrogen-bond donors (Lipinski definition) is 2. The van der Waals surface area contributed by atoms with Gasteiger partial charge in [0.05, 0.1) is 6.21 Å². The molecule has 0 atom stereocenters. The molecule has 0 fully saturated rings. The molecular weight excluding hydrogens is 292 g/mol. The van der Waals surface area contributed by atoms with Crippen molar-refractivity contribution < 1.29 is 18.4 Å². The van der Waals surface area contributed by atoms with Crippen molar-refractivity contribution in [2.45, 2.75) is 0 Å². The molecule has 112 valence electrons. The first-order chi connectivity index (χ1) is 10.6. The SMILES string of the molecule is O=C(NN=Cc1ccccc1F)C(=O)Nc1ccc(F)cc1. The van der Waals surface area contributed by atoms with E-state index in [2.05, 4.69) is 10.4 Å². The summed E-state index contributed by atoms with van der Waals surface area (Å²) in [7, 11) is 0. The van der Waals surface area contributed by atoms with Crippen molar-refractivity contribution in [3.63, 3.8) is 0 Å². The van der Waals surface area contributed by atoms with Crippen LogP contribution >= 0.6 is 0 Å². The Labute approximate surface area is 124 Å². The first-order valence-electron chi connectivity index (χ1n) is 6.21. The largest absolute Gasteiger partial charge is 0.329 e. The molecule has 0 spiro atoms. The number of hydrogen-bond acceptors (Lipinski definition) is 3. The van der Waals surface area contributed by atoms with Crippen molar-refractivity contribution in [2.75, 3.05) is 5.32 Å². The van der Waals surface area contributed by atoms with E-state index in [9.17, 15) is 18.4 Å². The van der Waals surface area contributed by atoms with E-state index >= 15 is 0 Å². The van der Waals surface area contributed by atoms with Crippen molar-refractivity contribution >= 4 is 23.7 Å². The van der Waals surface area contributed by atoms with E-state index in [1.807, 2.05) is 5.43 Å². The van der Waals surface area contributed by atoms with Crippen molar-refractivity contribution in [3.8, 4) is 0 Å². The van der Waals surface area contributed by atoms with Gasteiger partial charge in [0.1, 0.15) is 11.6 Å². The predicted molar refractivity (Wildman–Crippen MR) is 77.2 cm³/mol. The number of nitrogens with zero attached hydrogens (tertiary/aromatic N) is 1. The van der Waals surface area contributed by atoms with E-state index in [1.165, 1.54) is 30.3 Å². The summed E-state index contributed by atoms with van der Waals surface area (Å²) in [6, 6.07) is 10.7. The molecule has 0 saturated carbocycles. The Hall–Kier alpha value is -3.09. The molecule has 2 aromatic rings. The molecule has 0 aliphatic carbocycles. The van der Waals surface area contributed by atoms with Gasteiger partial charge in [0, 0.05) is 11.3 Å². The van der Waals surface area contributed by atoms with Gasteiger partial charge in [-0.1, -0.05) is 18.2 Å². The number of hydrazone groups is 1. The zero-order valence-electron chi connectivity index (χ0n) is 11.2. The highest BCUT2D eigenvalue weighted by molar-refractivity contribution is 6.39. The minimum atomic E-state index is -1.03. The van der Waals surface area contributed by atoms with Crippen LogP contribution in [0.15, 0.2) is 53.6 Å². The second kappa shape index (κ2) is 7.07. The molecule has 0 aromatic heterocycles. The summed E-state index contributed by atoms with van der Waals surface area (Å²) in [6.07, 6.45) is 1.08. The Morgan fingerprint density at radius 2 is 1.64 bits per heavy atom. The highest BCUT2D eigenvalue weighted by atomic mass is 19.1. The fourth-order valence-electron chi connectivity index (χ4n) is 1.51. The van der Waals surface area contributed by atoms with Gasteiger partial charge in [-0.15, -0.1) is 0 Å². The Morgan fingerprint density at radius 3 is 2.32 bits per heavy atom. The Morgan fingerprint density at radius 1 is 0.955 bits per heavy atom. The number of carbonyl (C=O) groups is 2. The van der Waals surface area contributed by atoms with Crippen molar-refractivity contribution in [2.24, 2.45) is 5.10 Å². The maximum atomic E-state index is 13.3. The first-order valence-corrected chi connectivity index (χ1v) is 6.21. The zero-order valence-corrected chi connectivity index (χ0v) is 11.2. The minimum Gasteiger partial charge on any atom is -0.318 e. The number of benzene rings is 2. The van der Waals surface area contributed by atoms with Crippen LogP contribution in [0.3, 0.4) is 0 Å². The second-order valence-electron chi connectivity index (χ2n) is 4.18. The summed E-state index contributed by atoms with van der Waals surface area (Å²) >= 11 is 0. The van der Waals surface area contributed by atoms with Crippen LogP contribution in [-0.4, -0.2) is 18.0 Å². The molecule has 2 aromatic carbocycles. The molecule has 2 amide bonds. The molecule has 0 aliphatic rings. The maximum Gasteiger partial charge on any atom is 0.329 e. The second-order valence-corrected chi connectivity index (χ2v) is 4.18. The fourth-order valence-corrected chi connectivity index (χ4v) is 1.51. The topological polar surface area (TPSA) is 70.6 Å². The Kier molecular flexibility index (Phi) is 4.92. The quantitative estimate of drug-likeness (QED) is 0.517. The zero-order chi connectivity index (χ0) is 15.9. The molecule has 2 N–H and O–H groups in total. The van der Waals surface area contributed by atoms with Crippen LogP contribution < -0.4 is 10.7 Å². The number of carbonyl (C=O) groups excluding carboxylic acids is 2. The summed E-state index contributed by atoms with van der Waals surface area (Å²) < 4.78 is 26.0. The number of anilines is 1. The summed E-state index contributed by atoms with van der Waals surface area (Å²) in [5.41, 5.74) is 2.40. The van der Waals surface area contributed by atoms with Crippen LogP contribution in [0.25, 0.3) is 0 Å². The van der Waals surface area contributed by atoms with E-state index in [1.54, 1.807) is 6.07 Å². The van der Waals surface area contributed by atoms with Gasteiger partial charge < -0.3 is 5.32 Å². The average Bonchev–Trinajstić information content (AvgIpc) is 2.51. The third kappa shape index (κ3) is 4.20. The maximum absolute atomic E-state index is 13.3. The summed E-state index contributed by atoms with van der Waals surface area (Å²) in [5, 5.41) is 5.76. The monoisotopic (exact) mass is 303 g/mol. The summed E-state index contributed by atoms with van der Waals surface area (Å²) in [5.74, 6) is -2.97. The summed E-state index contributed by atoms with van der Waals surface area (Å²) in [6.45, 7) is 0. The average molecular weight is 303 g/mol. The molecule has 22 heavy (non-hydrogen) atoms. The summed E-state index contributed by atoms with van der Waals surface area (Å²) in [4.78, 5) is 23.0. The van der Waals surface area contributed by atoms with Gasteiger partial charge in [0.15, 0.2) is 0 Å². The van der Waals surface area contributed by atoms with Crippen molar-refractivity contribution in [3.05, 3.63) is 65.7 Å². The molecule has 0 heterocycles. The van der Waals surface area contributed by atoms with Crippen LogP contribution in [0.2, 0.25) is 0 Å². The lowest BCUT2D eigenvalue weighted by Crippen LogP contribution is -2.32. The normalized spacial score (nSPS) is 10.5. The van der Waals surface area contributed by atoms with Crippen molar-refractivity contribution in [1.29, 1.82) is 0 Å². The van der Waals surface area contributed by atoms with Crippen LogP contribution in [0, 0.1) is 11.6 Å². The number of nitrogens with one attached hydrogen (secondary N) is 2. The van der Waals surface area contributed by atoms with Crippen LogP contribution in [0.4, 0.5) is 14.5 Å². The third-order valence-electron chi connectivity index (χ3n) is 2.58. The van der Waals surface area contributed by atoms with Crippen LogP contribution in [0.1, 0.15) is 5.56 Å². The lowest BCUT2D eigenvalue weighted by atomic mass is 10.2. The highest BCUT2D eigenvalue weighted by Crippen LogP contribution is 2.07. The predicted octanol–water partition coefficient (Wildman–Crippen LogP) is 2.05. The Bertz CT molecular complexity index is 715. The highest BCUT2D eigenvalue weighted by Gasteiger charge is 2.12. The van der Waals surface area contributed by atoms with E-state index < -0.39 is 23.4 Å². The lowest BCUT2D eigenvalue weighted by molar-refractivity contribution is -0.136. The standard InChI is InChI=1S/C15H11F2N3O2/c16-11-5-7-12(8-6-11)19-14(21)15(22)20-18-9-10-3-1-2-4-13(10)17/h1-9H,(H,19,21)(H,20,22). The molecule has 0 unspecified atom stereocenters. The van der Waals surface area contributed by atoms with Gasteiger partial charge in [-0.3, -0.25) is 9.59 Å². The molecule has 0 saturated heterocycles. The van der Waals surface area contributed by atoms with Gasteiger partial charge in [-0.25, -0.2) is 14.2 Å². The van der Waals surface area contributed by atoms with E-state index in [0.29, 0.717) is 0 Å².